The van der Waals surface area contributed by atoms with Crippen LogP contribution in [0.1, 0.15) is 18.1 Å². The summed E-state index contributed by atoms with van der Waals surface area (Å²) < 4.78 is 36.0. The molecular formula is C15H13NO5S. The van der Waals surface area contributed by atoms with Crippen LogP contribution in [0.4, 0.5) is 5.69 Å². The van der Waals surface area contributed by atoms with Gasteiger partial charge in [-0.3, -0.25) is 9.35 Å². The van der Waals surface area contributed by atoms with E-state index in [1.165, 1.54) is 6.92 Å². The van der Waals surface area contributed by atoms with Crippen molar-refractivity contribution in [2.45, 2.75) is 13.3 Å². The van der Waals surface area contributed by atoms with Crippen LogP contribution in [0.3, 0.4) is 0 Å². The molecule has 2 N–H and O–H groups in total. The van der Waals surface area contributed by atoms with Gasteiger partial charge < -0.3 is 9.50 Å². The zero-order chi connectivity index (χ0) is 15.9. The average Bonchev–Trinajstić information content (AvgIpc) is 2.78. The summed E-state index contributed by atoms with van der Waals surface area (Å²) in [5.41, 5.74) is 3.65. The van der Waals surface area contributed by atoms with Crippen molar-refractivity contribution in [1.29, 1.82) is 0 Å². The van der Waals surface area contributed by atoms with Gasteiger partial charge in [0, 0.05) is 18.9 Å². The number of benzene rings is 2. The Morgan fingerprint density at radius 2 is 1.91 bits per heavy atom. The van der Waals surface area contributed by atoms with E-state index in [9.17, 15) is 13.2 Å². The van der Waals surface area contributed by atoms with Crippen molar-refractivity contribution in [3.63, 3.8) is 0 Å². The molecule has 0 saturated heterocycles. The largest absolute Gasteiger partial charge is 0.446 e. The van der Waals surface area contributed by atoms with Crippen molar-refractivity contribution in [2.24, 2.45) is 0 Å². The average molecular weight is 319 g/mol. The molecule has 0 unspecified atom stereocenters. The summed E-state index contributed by atoms with van der Waals surface area (Å²) in [6.45, 7) is 1.30. The number of hydrogen-bond acceptors (Lipinski definition) is 4. The molecule has 0 saturated carbocycles. The van der Waals surface area contributed by atoms with E-state index >= 15 is 0 Å². The Hall–Kier alpha value is -2.38. The first-order valence-electron chi connectivity index (χ1n) is 6.54. The monoisotopic (exact) mass is 319 g/mol. The predicted octanol–water partition coefficient (Wildman–Crippen LogP) is 2.40. The van der Waals surface area contributed by atoms with E-state index in [1.807, 2.05) is 24.3 Å². The van der Waals surface area contributed by atoms with Crippen LogP contribution >= 0.6 is 0 Å². The van der Waals surface area contributed by atoms with Crippen LogP contribution in [0.5, 0.6) is 5.75 Å². The molecule has 0 spiro atoms. The van der Waals surface area contributed by atoms with E-state index in [2.05, 4.69) is 5.32 Å². The third kappa shape index (κ3) is 2.68. The van der Waals surface area contributed by atoms with Crippen LogP contribution in [0.2, 0.25) is 0 Å². The molecule has 2 aromatic rings. The summed E-state index contributed by atoms with van der Waals surface area (Å²) in [5.74, 6) is -0.415. The molecule has 0 bridgehead atoms. The van der Waals surface area contributed by atoms with Crippen molar-refractivity contribution in [1.82, 2.24) is 0 Å². The molecule has 0 radical (unpaired) electrons. The molecule has 2 aromatic carbocycles. The Morgan fingerprint density at radius 1 is 1.18 bits per heavy atom. The van der Waals surface area contributed by atoms with E-state index in [-0.39, 0.29) is 17.3 Å². The lowest BCUT2D eigenvalue weighted by molar-refractivity contribution is -0.114. The number of nitrogens with one attached hydrogen (secondary N) is 1. The number of rotatable bonds is 3. The van der Waals surface area contributed by atoms with Gasteiger partial charge in [-0.25, -0.2) is 0 Å². The summed E-state index contributed by atoms with van der Waals surface area (Å²) in [7, 11) is -4.70. The van der Waals surface area contributed by atoms with Crippen molar-refractivity contribution >= 4 is 22.0 Å². The van der Waals surface area contributed by atoms with Gasteiger partial charge >= 0.3 is 10.4 Å². The third-order valence-corrected chi connectivity index (χ3v) is 3.81. The number of fused-ring (bicyclic) bond motifs is 3. The van der Waals surface area contributed by atoms with E-state index in [0.717, 1.165) is 16.7 Å². The predicted molar refractivity (Wildman–Crippen MR) is 81.2 cm³/mol. The van der Waals surface area contributed by atoms with Crippen LogP contribution in [-0.4, -0.2) is 18.9 Å². The molecule has 0 heterocycles. The standard InChI is InChI=1S/C15H13NO5S/c1-9(17)16-14-7-6-12-11-5-3-2-4-10(11)8-13(12)15(14)21-22(18,19)20/h2-7H,8H2,1H3,(H,16,17)(H,18,19,20). The Labute approximate surface area is 127 Å². The highest BCUT2D eigenvalue weighted by molar-refractivity contribution is 7.81. The molecule has 1 aliphatic carbocycles. The highest BCUT2D eigenvalue weighted by Crippen LogP contribution is 2.44. The first-order chi connectivity index (χ1) is 10.3. The van der Waals surface area contributed by atoms with E-state index in [0.29, 0.717) is 12.0 Å². The van der Waals surface area contributed by atoms with Crippen LogP contribution in [0.25, 0.3) is 11.1 Å². The highest BCUT2D eigenvalue weighted by atomic mass is 32.3. The molecule has 0 aliphatic heterocycles. The van der Waals surface area contributed by atoms with Crippen molar-refractivity contribution in [3.05, 3.63) is 47.5 Å². The highest BCUT2D eigenvalue weighted by Gasteiger charge is 2.26. The van der Waals surface area contributed by atoms with Crippen molar-refractivity contribution in [2.75, 3.05) is 5.32 Å². The SMILES string of the molecule is CC(=O)Nc1ccc2c(c1OS(=O)(=O)O)Cc1ccccc1-2. The van der Waals surface area contributed by atoms with E-state index in [1.54, 1.807) is 12.1 Å². The van der Waals surface area contributed by atoms with Gasteiger partial charge in [-0.05, 0) is 22.8 Å². The second kappa shape index (κ2) is 5.11. The van der Waals surface area contributed by atoms with Gasteiger partial charge in [0.2, 0.25) is 5.91 Å². The summed E-state index contributed by atoms with van der Waals surface area (Å²) in [5, 5.41) is 2.51. The zero-order valence-corrected chi connectivity index (χ0v) is 12.5. The lowest BCUT2D eigenvalue weighted by Gasteiger charge is -2.13. The van der Waals surface area contributed by atoms with Crippen molar-refractivity contribution in [3.8, 4) is 16.9 Å². The molecule has 0 aromatic heterocycles. The topological polar surface area (TPSA) is 92.7 Å². The number of carbonyl (C=O) groups excluding carboxylic acids is 1. The minimum atomic E-state index is -4.70. The number of anilines is 1. The minimum absolute atomic E-state index is 0.0496. The Bertz CT molecular complexity index is 873. The molecule has 3 rings (SSSR count). The molecular weight excluding hydrogens is 306 g/mol. The van der Waals surface area contributed by atoms with Gasteiger partial charge in [0.05, 0.1) is 5.69 Å². The maximum Gasteiger partial charge on any atom is 0.446 e. The second-order valence-corrected chi connectivity index (χ2v) is 6.02. The number of carbonyl (C=O) groups is 1. The second-order valence-electron chi connectivity index (χ2n) is 4.99. The summed E-state index contributed by atoms with van der Waals surface area (Å²) in [4.78, 5) is 11.3. The fourth-order valence-corrected chi connectivity index (χ4v) is 3.07. The molecule has 114 valence electrons. The summed E-state index contributed by atoms with van der Waals surface area (Å²) >= 11 is 0. The Kier molecular flexibility index (Phi) is 3.38. The Balaban J connectivity index is 2.18. The van der Waals surface area contributed by atoms with Crippen LogP contribution in [0.15, 0.2) is 36.4 Å². The fraction of sp³-hybridized carbons (Fsp3) is 0.133. The summed E-state index contributed by atoms with van der Waals surface area (Å²) in [6.07, 6.45) is 0.462. The molecule has 1 amide bonds. The van der Waals surface area contributed by atoms with Crippen LogP contribution < -0.4 is 9.50 Å². The zero-order valence-electron chi connectivity index (χ0n) is 11.7. The van der Waals surface area contributed by atoms with E-state index < -0.39 is 10.4 Å². The molecule has 7 heteroatoms. The minimum Gasteiger partial charge on any atom is -0.359 e. The molecule has 22 heavy (non-hydrogen) atoms. The van der Waals surface area contributed by atoms with Gasteiger partial charge in [-0.2, -0.15) is 8.42 Å². The van der Waals surface area contributed by atoms with Gasteiger partial charge in [-0.15, -0.1) is 0 Å². The Morgan fingerprint density at radius 3 is 2.59 bits per heavy atom. The van der Waals surface area contributed by atoms with Gasteiger partial charge in [0.1, 0.15) is 0 Å². The van der Waals surface area contributed by atoms with Gasteiger partial charge in [0.25, 0.3) is 0 Å². The maximum absolute atomic E-state index is 11.3. The molecule has 0 fully saturated rings. The van der Waals surface area contributed by atoms with Crippen LogP contribution in [-0.2, 0) is 21.6 Å². The van der Waals surface area contributed by atoms with E-state index in [4.69, 9.17) is 8.74 Å². The molecule has 0 atom stereocenters. The van der Waals surface area contributed by atoms with Crippen molar-refractivity contribution < 1.29 is 21.9 Å². The lowest BCUT2D eigenvalue weighted by Crippen LogP contribution is -2.13. The smallest absolute Gasteiger partial charge is 0.359 e. The fourth-order valence-electron chi connectivity index (χ4n) is 2.67. The third-order valence-electron chi connectivity index (χ3n) is 3.43. The van der Waals surface area contributed by atoms with Crippen LogP contribution in [0, 0.1) is 0 Å². The van der Waals surface area contributed by atoms with Gasteiger partial charge in [0.15, 0.2) is 5.75 Å². The first kappa shape index (κ1) is 14.6. The normalized spacial score (nSPS) is 12.5. The lowest BCUT2D eigenvalue weighted by atomic mass is 10.0. The maximum atomic E-state index is 11.3. The van der Waals surface area contributed by atoms with Gasteiger partial charge in [-0.1, -0.05) is 30.3 Å². The quantitative estimate of drug-likeness (QED) is 0.723. The number of amides is 1. The number of hydrogen-bond donors (Lipinski definition) is 2. The molecule has 6 nitrogen and oxygen atoms in total. The summed E-state index contributed by atoms with van der Waals surface area (Å²) in [6, 6.07) is 11.0. The molecule has 1 aliphatic rings. The first-order valence-corrected chi connectivity index (χ1v) is 7.90.